The monoisotopic (exact) mass is 367 g/mol. The number of aromatic nitrogens is 4. The summed E-state index contributed by atoms with van der Waals surface area (Å²) in [4.78, 5) is 30.2. The van der Waals surface area contributed by atoms with Gasteiger partial charge in [-0.3, -0.25) is 4.98 Å². The first-order valence-electron chi connectivity index (χ1n) is 8.35. The van der Waals surface area contributed by atoms with Crippen molar-refractivity contribution < 1.29 is 9.90 Å². The largest absolute Gasteiger partial charge is 0.478 e. The lowest BCUT2D eigenvalue weighted by atomic mass is 9.98. The summed E-state index contributed by atoms with van der Waals surface area (Å²) in [6.45, 7) is 2.03. The lowest BCUT2D eigenvalue weighted by Gasteiger charge is -2.22. The molecule has 1 aliphatic rings. The van der Waals surface area contributed by atoms with Crippen LogP contribution < -0.4 is 5.32 Å². The zero-order valence-electron chi connectivity index (χ0n) is 14.1. The molecule has 0 fully saturated rings. The van der Waals surface area contributed by atoms with E-state index in [1.165, 1.54) is 23.2 Å². The summed E-state index contributed by atoms with van der Waals surface area (Å²) < 4.78 is 0. The van der Waals surface area contributed by atoms with Crippen molar-refractivity contribution in [1.82, 2.24) is 19.9 Å². The van der Waals surface area contributed by atoms with Crippen LogP contribution in [0.2, 0.25) is 0 Å². The van der Waals surface area contributed by atoms with E-state index in [2.05, 4.69) is 25.3 Å². The second-order valence-electron chi connectivity index (χ2n) is 6.13. The summed E-state index contributed by atoms with van der Waals surface area (Å²) in [6, 6.07) is 4.78. The topological polar surface area (TPSA) is 101 Å². The van der Waals surface area contributed by atoms with Gasteiger partial charge in [0.05, 0.1) is 33.7 Å². The fourth-order valence-corrected chi connectivity index (χ4v) is 4.15. The average Bonchev–Trinajstić information content (AvgIpc) is 3.03. The third kappa shape index (κ3) is 3.28. The molecule has 7 nitrogen and oxygen atoms in total. The van der Waals surface area contributed by atoms with Crippen LogP contribution in [-0.2, 0) is 6.42 Å². The van der Waals surface area contributed by atoms with E-state index >= 15 is 0 Å². The molecule has 3 heterocycles. The van der Waals surface area contributed by atoms with Crippen molar-refractivity contribution >= 4 is 23.3 Å². The van der Waals surface area contributed by atoms with Gasteiger partial charge in [0.2, 0.25) is 5.95 Å². The van der Waals surface area contributed by atoms with E-state index in [1.807, 2.05) is 6.92 Å². The molecule has 2 N–H and O–H groups in total. The van der Waals surface area contributed by atoms with E-state index in [-0.39, 0.29) is 11.6 Å². The normalized spacial score (nSPS) is 16.1. The Morgan fingerprint density at radius 1 is 1.23 bits per heavy atom. The molecule has 0 spiro atoms. The molecule has 0 aromatic carbocycles. The van der Waals surface area contributed by atoms with Gasteiger partial charge in [0.1, 0.15) is 0 Å². The molecular formula is C18H17N5O2S. The van der Waals surface area contributed by atoms with Gasteiger partial charge in [-0.1, -0.05) is 0 Å². The maximum Gasteiger partial charge on any atom is 0.335 e. The standard InChI is InChI=1S/C18H17N5O2S/c1-10-21-16-13(3-2-4-15(16)26-10)23-18-20-8-6-12(22-18)14-9-11(17(24)25)5-7-19-14/h5-9,13H,2-4H2,1H3,(H,24,25)(H,20,22,23)/t13-/m0/s1. The molecule has 0 saturated heterocycles. The zero-order valence-corrected chi connectivity index (χ0v) is 15.0. The summed E-state index contributed by atoms with van der Waals surface area (Å²) in [5, 5.41) is 13.6. The van der Waals surface area contributed by atoms with Crippen molar-refractivity contribution in [2.45, 2.75) is 32.2 Å². The molecule has 8 heteroatoms. The van der Waals surface area contributed by atoms with E-state index in [0.29, 0.717) is 17.3 Å². The van der Waals surface area contributed by atoms with Crippen LogP contribution in [-0.4, -0.2) is 31.0 Å². The van der Waals surface area contributed by atoms with E-state index in [0.717, 1.165) is 30.0 Å². The number of nitrogens with one attached hydrogen (secondary N) is 1. The van der Waals surface area contributed by atoms with Crippen molar-refractivity contribution in [2.24, 2.45) is 0 Å². The Kier molecular flexibility index (Phi) is 4.34. The SMILES string of the molecule is Cc1nc2c(s1)CCC[C@@H]2Nc1nccc(-c2cc(C(=O)O)ccn2)n1. The Hall–Kier alpha value is -2.87. The number of fused-ring (bicyclic) bond motifs is 1. The van der Waals surface area contributed by atoms with E-state index < -0.39 is 5.97 Å². The average molecular weight is 367 g/mol. The van der Waals surface area contributed by atoms with Gasteiger partial charge >= 0.3 is 5.97 Å². The molecule has 3 aromatic rings. The summed E-state index contributed by atoms with van der Waals surface area (Å²) in [5.41, 5.74) is 2.36. The van der Waals surface area contributed by atoms with Gasteiger partial charge in [0.25, 0.3) is 0 Å². The molecule has 0 bridgehead atoms. The van der Waals surface area contributed by atoms with Gasteiger partial charge in [-0.15, -0.1) is 11.3 Å². The van der Waals surface area contributed by atoms with Gasteiger partial charge in [-0.05, 0) is 44.4 Å². The zero-order chi connectivity index (χ0) is 18.1. The minimum absolute atomic E-state index is 0.0947. The third-order valence-electron chi connectivity index (χ3n) is 4.29. The quantitative estimate of drug-likeness (QED) is 0.728. The number of carboxylic acids is 1. The number of hydrogen-bond acceptors (Lipinski definition) is 7. The Morgan fingerprint density at radius 3 is 2.92 bits per heavy atom. The molecule has 0 unspecified atom stereocenters. The Labute approximate surface area is 154 Å². The second-order valence-corrected chi connectivity index (χ2v) is 7.42. The van der Waals surface area contributed by atoms with Crippen molar-refractivity contribution in [3.05, 3.63) is 51.7 Å². The van der Waals surface area contributed by atoms with Crippen LogP contribution >= 0.6 is 11.3 Å². The highest BCUT2D eigenvalue weighted by Crippen LogP contribution is 2.34. The molecule has 0 radical (unpaired) electrons. The van der Waals surface area contributed by atoms with E-state index in [9.17, 15) is 4.79 Å². The van der Waals surface area contributed by atoms with Gasteiger partial charge < -0.3 is 10.4 Å². The smallest absolute Gasteiger partial charge is 0.335 e. The molecule has 1 aliphatic carbocycles. The predicted molar refractivity (Wildman–Crippen MR) is 98.4 cm³/mol. The number of carbonyl (C=O) groups is 1. The van der Waals surface area contributed by atoms with Crippen LogP contribution in [0.5, 0.6) is 0 Å². The second kappa shape index (κ2) is 6.80. The Morgan fingerprint density at radius 2 is 2.08 bits per heavy atom. The molecule has 0 amide bonds. The molecule has 4 rings (SSSR count). The lowest BCUT2D eigenvalue weighted by Crippen LogP contribution is -2.18. The summed E-state index contributed by atoms with van der Waals surface area (Å²) in [7, 11) is 0. The Bertz CT molecular complexity index is 972. The minimum Gasteiger partial charge on any atom is -0.478 e. The fourth-order valence-electron chi connectivity index (χ4n) is 3.11. The first kappa shape index (κ1) is 16.6. The van der Waals surface area contributed by atoms with Crippen molar-refractivity contribution in [2.75, 3.05) is 5.32 Å². The highest BCUT2D eigenvalue weighted by molar-refractivity contribution is 7.11. The summed E-state index contributed by atoms with van der Waals surface area (Å²) >= 11 is 1.75. The predicted octanol–water partition coefficient (Wildman–Crippen LogP) is 3.49. The number of hydrogen-bond donors (Lipinski definition) is 2. The number of pyridine rings is 1. The maximum absolute atomic E-state index is 11.2. The number of thiazole rings is 1. The van der Waals surface area contributed by atoms with Gasteiger partial charge in [-0.25, -0.2) is 19.7 Å². The van der Waals surface area contributed by atoms with Crippen molar-refractivity contribution in [3.8, 4) is 11.4 Å². The maximum atomic E-state index is 11.2. The van der Waals surface area contributed by atoms with Crippen LogP contribution in [0.4, 0.5) is 5.95 Å². The first-order chi connectivity index (χ1) is 12.6. The molecule has 26 heavy (non-hydrogen) atoms. The van der Waals surface area contributed by atoms with Gasteiger partial charge in [-0.2, -0.15) is 0 Å². The van der Waals surface area contributed by atoms with Gasteiger partial charge in [0, 0.05) is 17.3 Å². The number of aryl methyl sites for hydroxylation is 2. The fraction of sp³-hybridized carbons (Fsp3) is 0.278. The van der Waals surface area contributed by atoms with Gasteiger partial charge in [0.15, 0.2) is 0 Å². The molecule has 0 saturated carbocycles. The van der Waals surface area contributed by atoms with Crippen LogP contribution in [0, 0.1) is 6.92 Å². The number of anilines is 1. The first-order valence-corrected chi connectivity index (χ1v) is 9.17. The minimum atomic E-state index is -0.991. The number of carboxylic acid groups (broad SMARTS) is 1. The lowest BCUT2D eigenvalue weighted by molar-refractivity contribution is 0.0697. The van der Waals surface area contributed by atoms with Crippen LogP contribution in [0.3, 0.4) is 0 Å². The molecule has 1 atom stereocenters. The molecular weight excluding hydrogens is 350 g/mol. The molecule has 0 aliphatic heterocycles. The Balaban J connectivity index is 1.61. The van der Waals surface area contributed by atoms with Crippen LogP contribution in [0.1, 0.15) is 44.8 Å². The van der Waals surface area contributed by atoms with Crippen molar-refractivity contribution in [3.63, 3.8) is 0 Å². The number of rotatable bonds is 4. The molecule has 132 valence electrons. The third-order valence-corrected chi connectivity index (χ3v) is 5.34. The van der Waals surface area contributed by atoms with Crippen LogP contribution in [0.25, 0.3) is 11.4 Å². The summed E-state index contributed by atoms with van der Waals surface area (Å²) in [6.07, 6.45) is 6.28. The van der Waals surface area contributed by atoms with Crippen LogP contribution in [0.15, 0.2) is 30.6 Å². The highest BCUT2D eigenvalue weighted by atomic mass is 32.1. The molecule has 3 aromatic heterocycles. The highest BCUT2D eigenvalue weighted by Gasteiger charge is 2.24. The number of nitrogens with zero attached hydrogens (tertiary/aromatic N) is 4. The van der Waals surface area contributed by atoms with E-state index in [1.54, 1.807) is 23.6 Å². The number of aromatic carboxylic acids is 1. The van der Waals surface area contributed by atoms with Crippen molar-refractivity contribution in [1.29, 1.82) is 0 Å². The van der Waals surface area contributed by atoms with E-state index in [4.69, 9.17) is 5.11 Å². The summed E-state index contributed by atoms with van der Waals surface area (Å²) in [5.74, 6) is -0.497.